The monoisotopic (exact) mass is 444 g/mol. The summed E-state index contributed by atoms with van der Waals surface area (Å²) >= 11 is 0. The average Bonchev–Trinajstić information content (AvgIpc) is 2.85. The van der Waals surface area contributed by atoms with Gasteiger partial charge in [0.25, 0.3) is 5.91 Å². The van der Waals surface area contributed by atoms with Crippen LogP contribution in [0.15, 0.2) is 48.5 Å². The first kappa shape index (κ1) is 22.8. The Labute approximate surface area is 196 Å². The molecule has 1 fully saturated rings. The third-order valence-corrected chi connectivity index (χ3v) is 6.32. The van der Waals surface area contributed by atoms with Gasteiger partial charge in [-0.3, -0.25) is 4.79 Å². The molecule has 33 heavy (non-hydrogen) atoms. The Morgan fingerprint density at radius 1 is 0.909 bits per heavy atom. The number of ether oxygens (including phenoxy) is 1. The highest BCUT2D eigenvalue weighted by atomic mass is 16.5. The van der Waals surface area contributed by atoms with Crippen molar-refractivity contribution in [1.29, 1.82) is 0 Å². The lowest BCUT2D eigenvalue weighted by Crippen LogP contribution is -2.49. The number of piperazine rings is 1. The molecule has 6 nitrogen and oxygen atoms in total. The van der Waals surface area contributed by atoms with Crippen LogP contribution in [0.2, 0.25) is 0 Å². The van der Waals surface area contributed by atoms with Gasteiger partial charge in [0.05, 0.1) is 7.11 Å². The van der Waals surface area contributed by atoms with Gasteiger partial charge in [-0.05, 0) is 55.7 Å². The van der Waals surface area contributed by atoms with Crippen molar-refractivity contribution in [2.45, 2.75) is 33.6 Å². The number of aryl methyl sites for hydroxylation is 3. The van der Waals surface area contributed by atoms with Gasteiger partial charge in [-0.25, -0.2) is 9.97 Å². The molecule has 0 bridgehead atoms. The number of carbonyl (C=O) groups excluding carboxylic acids is 1. The van der Waals surface area contributed by atoms with Crippen molar-refractivity contribution in [3.05, 3.63) is 82.3 Å². The number of rotatable bonds is 6. The lowest BCUT2D eigenvalue weighted by Gasteiger charge is -2.36. The fraction of sp³-hybridized carbons (Fsp3) is 0.370. The molecule has 0 radical (unpaired) electrons. The summed E-state index contributed by atoms with van der Waals surface area (Å²) in [4.78, 5) is 26.7. The normalized spacial score (nSPS) is 13.8. The predicted octanol–water partition coefficient (Wildman–Crippen LogP) is 4.22. The summed E-state index contributed by atoms with van der Waals surface area (Å²) in [5.74, 6) is 2.71. The van der Waals surface area contributed by atoms with Crippen LogP contribution in [0.25, 0.3) is 0 Å². The standard InChI is InChI=1S/C27H32N4O2/c1-5-21-6-10-23(11-7-21)27(32)31-16-14-30(15-17-31)26-25(19(2)28-20(3)29-26)18-22-8-12-24(33-4)13-9-22/h6-13H,5,14-18H2,1-4H3. The van der Waals surface area contributed by atoms with Crippen LogP contribution in [0.3, 0.4) is 0 Å². The summed E-state index contributed by atoms with van der Waals surface area (Å²) in [7, 11) is 1.68. The first-order valence-corrected chi connectivity index (χ1v) is 11.6. The van der Waals surface area contributed by atoms with Crippen molar-refractivity contribution in [2.24, 2.45) is 0 Å². The topological polar surface area (TPSA) is 58.6 Å². The Kier molecular flexibility index (Phi) is 6.92. The molecule has 4 rings (SSSR count). The number of methoxy groups -OCH3 is 1. The first-order chi connectivity index (χ1) is 16.0. The van der Waals surface area contributed by atoms with E-state index in [4.69, 9.17) is 9.72 Å². The molecule has 172 valence electrons. The number of benzene rings is 2. The van der Waals surface area contributed by atoms with Crippen LogP contribution in [0.1, 0.15) is 45.5 Å². The molecular formula is C27H32N4O2. The van der Waals surface area contributed by atoms with Crippen LogP contribution < -0.4 is 9.64 Å². The number of anilines is 1. The van der Waals surface area contributed by atoms with Gasteiger partial charge in [-0.15, -0.1) is 0 Å². The van der Waals surface area contributed by atoms with Crippen molar-refractivity contribution in [3.63, 3.8) is 0 Å². The van der Waals surface area contributed by atoms with Crippen LogP contribution in [0.4, 0.5) is 5.82 Å². The molecule has 0 unspecified atom stereocenters. The van der Waals surface area contributed by atoms with Crippen LogP contribution in [-0.4, -0.2) is 54.1 Å². The molecular weight excluding hydrogens is 412 g/mol. The van der Waals surface area contributed by atoms with E-state index in [0.29, 0.717) is 13.1 Å². The summed E-state index contributed by atoms with van der Waals surface area (Å²) in [6, 6.07) is 16.1. The molecule has 2 heterocycles. The van der Waals surface area contributed by atoms with Gasteiger partial charge in [-0.1, -0.05) is 31.2 Å². The van der Waals surface area contributed by atoms with Gasteiger partial charge < -0.3 is 14.5 Å². The number of carbonyl (C=O) groups is 1. The highest BCUT2D eigenvalue weighted by Gasteiger charge is 2.25. The molecule has 0 spiro atoms. The smallest absolute Gasteiger partial charge is 0.253 e. The number of nitrogens with zero attached hydrogens (tertiary/aromatic N) is 4. The summed E-state index contributed by atoms with van der Waals surface area (Å²) in [5, 5.41) is 0. The molecule has 3 aromatic rings. The molecule has 0 aliphatic carbocycles. The Bertz CT molecular complexity index is 1100. The highest BCUT2D eigenvalue weighted by molar-refractivity contribution is 5.94. The van der Waals surface area contributed by atoms with Crippen LogP contribution in [0, 0.1) is 13.8 Å². The lowest BCUT2D eigenvalue weighted by molar-refractivity contribution is 0.0746. The van der Waals surface area contributed by atoms with E-state index >= 15 is 0 Å². The van der Waals surface area contributed by atoms with E-state index in [0.717, 1.165) is 60.1 Å². The second-order valence-electron chi connectivity index (χ2n) is 8.51. The van der Waals surface area contributed by atoms with Gasteiger partial charge in [0, 0.05) is 49.4 Å². The van der Waals surface area contributed by atoms with E-state index in [1.165, 1.54) is 11.1 Å². The van der Waals surface area contributed by atoms with Gasteiger partial charge >= 0.3 is 0 Å². The molecule has 1 saturated heterocycles. The maximum absolute atomic E-state index is 13.0. The molecule has 1 aromatic heterocycles. The minimum absolute atomic E-state index is 0.103. The zero-order chi connectivity index (χ0) is 23.4. The van der Waals surface area contributed by atoms with Crippen LogP contribution >= 0.6 is 0 Å². The number of amides is 1. The minimum Gasteiger partial charge on any atom is -0.497 e. The number of hydrogen-bond acceptors (Lipinski definition) is 5. The van der Waals surface area contributed by atoms with Gasteiger partial charge in [0.1, 0.15) is 17.4 Å². The number of hydrogen-bond donors (Lipinski definition) is 0. The zero-order valence-electron chi connectivity index (χ0n) is 20.0. The maximum atomic E-state index is 13.0. The second-order valence-corrected chi connectivity index (χ2v) is 8.51. The van der Waals surface area contributed by atoms with E-state index in [-0.39, 0.29) is 5.91 Å². The zero-order valence-corrected chi connectivity index (χ0v) is 20.0. The largest absolute Gasteiger partial charge is 0.497 e. The van der Waals surface area contributed by atoms with Crippen molar-refractivity contribution in [2.75, 3.05) is 38.2 Å². The second kappa shape index (κ2) is 10.0. The molecule has 1 amide bonds. The Morgan fingerprint density at radius 3 is 2.15 bits per heavy atom. The van der Waals surface area contributed by atoms with Crippen molar-refractivity contribution < 1.29 is 9.53 Å². The fourth-order valence-corrected chi connectivity index (χ4v) is 4.32. The Morgan fingerprint density at radius 2 is 1.55 bits per heavy atom. The summed E-state index contributed by atoms with van der Waals surface area (Å²) < 4.78 is 5.29. The fourth-order valence-electron chi connectivity index (χ4n) is 4.32. The molecule has 1 aliphatic heterocycles. The molecule has 0 atom stereocenters. The first-order valence-electron chi connectivity index (χ1n) is 11.6. The lowest BCUT2D eigenvalue weighted by atomic mass is 10.0. The highest BCUT2D eigenvalue weighted by Crippen LogP contribution is 2.26. The SMILES string of the molecule is CCc1ccc(C(=O)N2CCN(c3nc(C)nc(C)c3Cc3ccc(OC)cc3)CC2)cc1. The van der Waals surface area contributed by atoms with Gasteiger partial charge in [0.15, 0.2) is 0 Å². The summed E-state index contributed by atoms with van der Waals surface area (Å²) in [6.45, 7) is 8.98. The van der Waals surface area contributed by atoms with Gasteiger partial charge in [0.2, 0.25) is 0 Å². The van der Waals surface area contributed by atoms with Crippen molar-refractivity contribution in [1.82, 2.24) is 14.9 Å². The third kappa shape index (κ3) is 5.16. The van der Waals surface area contributed by atoms with E-state index in [9.17, 15) is 4.79 Å². The Hall–Kier alpha value is -3.41. The molecule has 1 aliphatic rings. The quantitative estimate of drug-likeness (QED) is 0.570. The number of aromatic nitrogens is 2. The van der Waals surface area contributed by atoms with Crippen LogP contribution in [-0.2, 0) is 12.8 Å². The van der Waals surface area contributed by atoms with E-state index in [1.807, 2.05) is 48.2 Å². The summed E-state index contributed by atoms with van der Waals surface area (Å²) in [6.07, 6.45) is 1.73. The van der Waals surface area contributed by atoms with E-state index in [2.05, 4.69) is 35.9 Å². The molecule has 0 saturated carbocycles. The van der Waals surface area contributed by atoms with Crippen molar-refractivity contribution >= 4 is 11.7 Å². The van der Waals surface area contributed by atoms with Crippen LogP contribution in [0.5, 0.6) is 5.75 Å². The Balaban J connectivity index is 1.49. The third-order valence-electron chi connectivity index (χ3n) is 6.32. The molecule has 0 N–H and O–H groups in total. The molecule has 6 heteroatoms. The average molecular weight is 445 g/mol. The van der Waals surface area contributed by atoms with E-state index < -0.39 is 0 Å². The van der Waals surface area contributed by atoms with Crippen molar-refractivity contribution in [3.8, 4) is 5.75 Å². The summed E-state index contributed by atoms with van der Waals surface area (Å²) in [5.41, 5.74) is 5.34. The predicted molar refractivity (Wildman–Crippen MR) is 131 cm³/mol. The van der Waals surface area contributed by atoms with Gasteiger partial charge in [-0.2, -0.15) is 0 Å². The molecule has 2 aromatic carbocycles. The maximum Gasteiger partial charge on any atom is 0.253 e. The van der Waals surface area contributed by atoms with E-state index in [1.54, 1.807) is 7.11 Å². The minimum atomic E-state index is 0.103.